The van der Waals surface area contributed by atoms with E-state index in [0.29, 0.717) is 25.0 Å². The largest absolute Gasteiger partial charge is 0.432 e. The van der Waals surface area contributed by atoms with E-state index in [1.165, 1.54) is 24.0 Å². The number of nitrogens with zero attached hydrogens (tertiary/aromatic N) is 1. The highest BCUT2D eigenvalue weighted by Crippen LogP contribution is 2.32. The predicted molar refractivity (Wildman–Crippen MR) is 108 cm³/mol. The van der Waals surface area contributed by atoms with Gasteiger partial charge in [0.25, 0.3) is 9.70 Å². The van der Waals surface area contributed by atoms with Gasteiger partial charge in [-0.15, -0.1) is 0 Å². The molecule has 1 aromatic rings. The Morgan fingerprint density at radius 1 is 1.21 bits per heavy atom. The van der Waals surface area contributed by atoms with Crippen molar-refractivity contribution in [3.63, 3.8) is 0 Å². The van der Waals surface area contributed by atoms with Crippen LogP contribution in [0.4, 0.5) is 0 Å². The van der Waals surface area contributed by atoms with Crippen LogP contribution in [0.25, 0.3) is 0 Å². The Bertz CT molecular complexity index is 850. The summed E-state index contributed by atoms with van der Waals surface area (Å²) in [4.78, 5) is 25.1. The van der Waals surface area contributed by atoms with Crippen molar-refractivity contribution in [1.29, 1.82) is 0 Å². The second kappa shape index (κ2) is 9.48. The fourth-order valence-electron chi connectivity index (χ4n) is 2.93. The molecule has 1 amide bonds. The first-order valence-electron chi connectivity index (χ1n) is 8.54. The SMILES string of the molecule is CC(=O)OC1=CCC(N(CCS(=O)(=O)c2ccccc2)C(=O)C(Cl)(Cl)Cl)CC1. The molecule has 0 radical (unpaired) electrons. The van der Waals surface area contributed by atoms with Gasteiger partial charge in [0, 0.05) is 25.9 Å². The summed E-state index contributed by atoms with van der Waals surface area (Å²) in [5.74, 6) is -0.995. The van der Waals surface area contributed by atoms with Crippen molar-refractivity contribution in [2.75, 3.05) is 12.3 Å². The van der Waals surface area contributed by atoms with Crippen molar-refractivity contribution in [3.05, 3.63) is 42.2 Å². The van der Waals surface area contributed by atoms with Gasteiger partial charge in [-0.2, -0.15) is 0 Å². The Morgan fingerprint density at radius 3 is 2.36 bits per heavy atom. The number of esters is 1. The molecule has 6 nitrogen and oxygen atoms in total. The highest BCUT2D eigenvalue weighted by atomic mass is 35.6. The molecule has 154 valence electrons. The number of sulfone groups is 1. The highest BCUT2D eigenvalue weighted by molar-refractivity contribution is 7.91. The van der Waals surface area contributed by atoms with Gasteiger partial charge in [-0.1, -0.05) is 53.0 Å². The van der Waals surface area contributed by atoms with Crippen LogP contribution in [0, 0.1) is 0 Å². The van der Waals surface area contributed by atoms with Crippen molar-refractivity contribution in [1.82, 2.24) is 4.90 Å². The Kier molecular flexibility index (Phi) is 7.79. The molecular formula is C18H20Cl3NO5S. The normalized spacial score (nSPS) is 17.6. The zero-order valence-corrected chi connectivity index (χ0v) is 18.2. The molecule has 1 atom stereocenters. The van der Waals surface area contributed by atoms with Crippen LogP contribution in [-0.2, 0) is 24.2 Å². The van der Waals surface area contributed by atoms with Crippen LogP contribution >= 0.6 is 34.8 Å². The topological polar surface area (TPSA) is 80.8 Å². The van der Waals surface area contributed by atoms with Crippen LogP contribution in [0.15, 0.2) is 47.1 Å². The van der Waals surface area contributed by atoms with Gasteiger partial charge in [-0.3, -0.25) is 9.59 Å². The average molecular weight is 469 g/mol. The number of rotatable bonds is 6. The fourth-order valence-corrected chi connectivity index (χ4v) is 4.50. The van der Waals surface area contributed by atoms with Gasteiger partial charge >= 0.3 is 5.97 Å². The molecule has 2 rings (SSSR count). The Morgan fingerprint density at radius 2 is 1.86 bits per heavy atom. The van der Waals surface area contributed by atoms with E-state index < -0.39 is 25.5 Å². The number of hydrogen-bond donors (Lipinski definition) is 0. The number of alkyl halides is 3. The van der Waals surface area contributed by atoms with E-state index in [1.54, 1.807) is 24.3 Å². The van der Waals surface area contributed by atoms with Gasteiger partial charge in [0.2, 0.25) is 0 Å². The maximum atomic E-state index is 12.6. The molecule has 0 spiro atoms. The summed E-state index contributed by atoms with van der Waals surface area (Å²) in [7, 11) is -3.61. The van der Waals surface area contributed by atoms with Gasteiger partial charge in [-0.05, 0) is 31.1 Å². The summed E-state index contributed by atoms with van der Waals surface area (Å²) in [6.45, 7) is 1.19. The summed E-state index contributed by atoms with van der Waals surface area (Å²) in [6.07, 6.45) is 2.93. The summed E-state index contributed by atoms with van der Waals surface area (Å²) in [5, 5.41) is 0. The number of carbonyl (C=O) groups excluding carboxylic acids is 2. The molecule has 10 heteroatoms. The van der Waals surface area contributed by atoms with Crippen LogP contribution in [0.3, 0.4) is 0 Å². The van der Waals surface area contributed by atoms with E-state index in [1.807, 2.05) is 0 Å². The van der Waals surface area contributed by atoms with E-state index in [0.717, 1.165) is 0 Å². The summed E-state index contributed by atoms with van der Waals surface area (Å²) >= 11 is 17.3. The van der Waals surface area contributed by atoms with E-state index in [4.69, 9.17) is 39.5 Å². The molecule has 1 aliphatic rings. The minimum absolute atomic E-state index is 0.120. The molecule has 0 aromatic heterocycles. The van der Waals surface area contributed by atoms with E-state index in [-0.39, 0.29) is 23.2 Å². The van der Waals surface area contributed by atoms with Gasteiger partial charge in [0.15, 0.2) is 9.84 Å². The Labute approximate surface area is 179 Å². The lowest BCUT2D eigenvalue weighted by Gasteiger charge is -2.35. The Balaban J connectivity index is 2.16. The zero-order valence-electron chi connectivity index (χ0n) is 15.1. The smallest absolute Gasteiger partial charge is 0.307 e. The lowest BCUT2D eigenvalue weighted by Crippen LogP contribution is -2.48. The monoisotopic (exact) mass is 467 g/mol. The average Bonchev–Trinajstić information content (AvgIpc) is 2.62. The third-order valence-corrected chi connectivity index (χ3v) is 6.46. The highest BCUT2D eigenvalue weighted by Gasteiger charge is 2.39. The maximum Gasteiger partial charge on any atom is 0.307 e. The third kappa shape index (κ3) is 6.37. The molecule has 1 unspecified atom stereocenters. The molecule has 0 fully saturated rings. The minimum Gasteiger partial charge on any atom is -0.432 e. The number of amides is 1. The first-order chi connectivity index (χ1) is 13.0. The van der Waals surface area contributed by atoms with Crippen molar-refractivity contribution in [3.8, 4) is 0 Å². The van der Waals surface area contributed by atoms with Gasteiger partial charge in [0.05, 0.1) is 10.6 Å². The molecule has 0 N–H and O–H groups in total. The van der Waals surface area contributed by atoms with E-state index >= 15 is 0 Å². The predicted octanol–water partition coefficient (Wildman–Crippen LogP) is 3.66. The summed E-state index contributed by atoms with van der Waals surface area (Å²) in [5.41, 5.74) is 0. The number of benzene rings is 1. The molecule has 1 aliphatic carbocycles. The van der Waals surface area contributed by atoms with Gasteiger partial charge < -0.3 is 9.64 Å². The van der Waals surface area contributed by atoms with Gasteiger partial charge in [0.1, 0.15) is 5.76 Å². The van der Waals surface area contributed by atoms with Crippen molar-refractivity contribution in [2.45, 2.75) is 40.9 Å². The molecule has 1 aromatic carbocycles. The number of hydrogen-bond acceptors (Lipinski definition) is 5. The molecule has 28 heavy (non-hydrogen) atoms. The number of ether oxygens (including phenoxy) is 1. The second-order valence-corrected chi connectivity index (χ2v) is 10.7. The summed E-state index contributed by atoms with van der Waals surface area (Å²) in [6, 6.07) is 7.58. The molecule has 0 saturated carbocycles. The molecule has 0 bridgehead atoms. The molecule has 0 aliphatic heterocycles. The molecule has 0 saturated heterocycles. The lowest BCUT2D eigenvalue weighted by atomic mass is 9.98. The third-order valence-electron chi connectivity index (χ3n) is 4.26. The van der Waals surface area contributed by atoms with Crippen molar-refractivity contribution >= 4 is 56.5 Å². The minimum atomic E-state index is -3.61. The Hall–Kier alpha value is -1.28. The first kappa shape index (κ1) is 23.0. The van der Waals surface area contributed by atoms with Crippen molar-refractivity contribution in [2.24, 2.45) is 0 Å². The number of halogens is 3. The standard InChI is InChI=1S/C18H20Cl3NO5S/c1-13(23)27-15-9-7-14(8-10-15)22(17(24)18(19,20)21)11-12-28(25,26)16-5-3-2-4-6-16/h2-6,9,14H,7-8,10-12H2,1H3. The summed E-state index contributed by atoms with van der Waals surface area (Å²) < 4.78 is 28.0. The maximum absolute atomic E-state index is 12.6. The van der Waals surface area contributed by atoms with Crippen molar-refractivity contribution < 1.29 is 22.7 Å². The van der Waals surface area contributed by atoms with E-state index in [9.17, 15) is 18.0 Å². The van der Waals surface area contributed by atoms with Crippen LogP contribution in [0.1, 0.15) is 26.2 Å². The quantitative estimate of drug-likeness (QED) is 0.470. The van der Waals surface area contributed by atoms with E-state index in [2.05, 4.69) is 0 Å². The lowest BCUT2D eigenvalue weighted by molar-refractivity contribution is -0.138. The van der Waals surface area contributed by atoms with Crippen LogP contribution < -0.4 is 0 Å². The molecule has 0 heterocycles. The molecular weight excluding hydrogens is 449 g/mol. The van der Waals surface area contributed by atoms with Crippen LogP contribution in [0.2, 0.25) is 0 Å². The number of carbonyl (C=O) groups is 2. The first-order valence-corrected chi connectivity index (χ1v) is 11.3. The van der Waals surface area contributed by atoms with Crippen LogP contribution in [-0.4, -0.2) is 47.3 Å². The number of allylic oxidation sites excluding steroid dienone is 1. The fraction of sp³-hybridized carbons (Fsp3) is 0.444. The zero-order chi connectivity index (χ0) is 20.9. The van der Waals surface area contributed by atoms with Gasteiger partial charge in [-0.25, -0.2) is 8.42 Å². The van der Waals surface area contributed by atoms with Crippen LogP contribution in [0.5, 0.6) is 0 Å². The second-order valence-electron chi connectivity index (χ2n) is 6.32.